The summed E-state index contributed by atoms with van der Waals surface area (Å²) in [6.07, 6.45) is -0.184. The van der Waals surface area contributed by atoms with Gasteiger partial charge in [0.1, 0.15) is 18.0 Å². The normalized spacial score (nSPS) is 16.2. The van der Waals surface area contributed by atoms with Gasteiger partial charge in [-0.3, -0.25) is 9.59 Å². The Morgan fingerprint density at radius 2 is 1.98 bits per heavy atom. The molecule has 0 saturated carbocycles. The number of piperidine rings is 1. The molecule has 1 aromatic carbocycles. The van der Waals surface area contributed by atoms with E-state index in [1.807, 2.05) is 0 Å². The molecule has 0 radical (unpaired) electrons. The van der Waals surface area contributed by atoms with Crippen LogP contribution in [-0.4, -0.2) is 50.3 Å². The number of hydrogen-bond acceptors (Lipinski definition) is 7. The van der Waals surface area contributed by atoms with Crippen molar-refractivity contribution in [3.8, 4) is 17.3 Å². The topological polar surface area (TPSA) is 115 Å². The van der Waals surface area contributed by atoms with Crippen LogP contribution in [0.15, 0.2) is 41.3 Å². The molecule has 4 aromatic rings. The Kier molecular flexibility index (Phi) is 6.73. The second-order valence-electron chi connectivity index (χ2n) is 10.2. The number of nitrogens with one attached hydrogen (secondary N) is 2. The standard InChI is InChI=1S/C27H25ClF3N7O3/c1-41-16-3-5-19(33-13-16)23-35-25-37(14-21(39)34-18-4-2-15(12-17(18)28)27(29,30)31)20-6-7-26(8-10-32-11-9-26)22(20)24(40)38(25)36-23/h2-5,12-13,32H,6-11,14H2,1H3,(H,34,39). The highest BCUT2D eigenvalue weighted by molar-refractivity contribution is 6.33. The predicted octanol–water partition coefficient (Wildman–Crippen LogP) is 3.84. The SMILES string of the molecule is COc1ccc(-c2nc3n(CC(=O)Nc4ccc(C(F)(F)F)cc4Cl)c4c(c(=O)n3n2)C2(CCNCC2)CC4)nc1. The first-order valence-electron chi connectivity index (χ1n) is 13.0. The lowest BCUT2D eigenvalue weighted by atomic mass is 9.75. The first-order chi connectivity index (χ1) is 19.6. The fourth-order valence-corrected chi connectivity index (χ4v) is 6.04. The lowest BCUT2D eigenvalue weighted by molar-refractivity contribution is -0.137. The summed E-state index contributed by atoms with van der Waals surface area (Å²) in [6, 6.07) is 6.10. The van der Waals surface area contributed by atoms with E-state index in [0.29, 0.717) is 29.1 Å². The average molecular weight is 588 g/mol. The Labute approximate surface area is 236 Å². The summed E-state index contributed by atoms with van der Waals surface area (Å²) in [5.74, 6) is 0.369. The van der Waals surface area contributed by atoms with Crippen molar-refractivity contribution in [3.63, 3.8) is 0 Å². The van der Waals surface area contributed by atoms with Crippen molar-refractivity contribution in [1.82, 2.24) is 29.5 Å². The molecule has 2 N–H and O–H groups in total. The van der Waals surface area contributed by atoms with E-state index in [1.54, 1.807) is 16.7 Å². The van der Waals surface area contributed by atoms with Gasteiger partial charge in [-0.2, -0.15) is 22.7 Å². The van der Waals surface area contributed by atoms with Gasteiger partial charge in [0, 0.05) is 16.7 Å². The van der Waals surface area contributed by atoms with E-state index in [4.69, 9.17) is 16.3 Å². The maximum atomic E-state index is 13.9. The van der Waals surface area contributed by atoms with Crippen molar-refractivity contribution < 1.29 is 22.7 Å². The van der Waals surface area contributed by atoms with Crippen LogP contribution in [0, 0.1) is 0 Å². The second-order valence-corrected chi connectivity index (χ2v) is 10.6. The maximum Gasteiger partial charge on any atom is 0.416 e. The van der Waals surface area contributed by atoms with E-state index in [1.165, 1.54) is 17.8 Å². The van der Waals surface area contributed by atoms with E-state index in [0.717, 1.165) is 50.6 Å². The number of amides is 1. The minimum Gasteiger partial charge on any atom is -0.495 e. The van der Waals surface area contributed by atoms with E-state index in [2.05, 4.69) is 25.7 Å². The van der Waals surface area contributed by atoms with Crippen molar-refractivity contribution in [2.45, 2.75) is 43.8 Å². The van der Waals surface area contributed by atoms with Gasteiger partial charge in [-0.1, -0.05) is 11.6 Å². The van der Waals surface area contributed by atoms with Gasteiger partial charge in [0.25, 0.3) is 5.56 Å². The number of ether oxygens (including phenoxy) is 1. The van der Waals surface area contributed by atoms with Gasteiger partial charge in [-0.05, 0) is 69.1 Å². The third kappa shape index (κ3) is 4.82. The van der Waals surface area contributed by atoms with Gasteiger partial charge in [-0.15, -0.1) is 5.10 Å². The summed E-state index contributed by atoms with van der Waals surface area (Å²) >= 11 is 6.07. The van der Waals surface area contributed by atoms with Gasteiger partial charge >= 0.3 is 6.18 Å². The van der Waals surface area contributed by atoms with Crippen LogP contribution < -0.4 is 20.9 Å². The summed E-state index contributed by atoms with van der Waals surface area (Å²) in [6.45, 7) is 1.27. The lowest BCUT2D eigenvalue weighted by Crippen LogP contribution is -2.42. The summed E-state index contributed by atoms with van der Waals surface area (Å²) < 4.78 is 47.2. The number of rotatable bonds is 5. The van der Waals surface area contributed by atoms with Crippen LogP contribution in [-0.2, 0) is 29.4 Å². The summed E-state index contributed by atoms with van der Waals surface area (Å²) in [5, 5.41) is 10.2. The van der Waals surface area contributed by atoms with Crippen LogP contribution in [0.25, 0.3) is 17.3 Å². The van der Waals surface area contributed by atoms with Crippen LogP contribution in [0.1, 0.15) is 36.1 Å². The van der Waals surface area contributed by atoms with E-state index < -0.39 is 17.6 Å². The Hall–Kier alpha value is -3.97. The Morgan fingerprint density at radius 3 is 2.63 bits per heavy atom. The van der Waals surface area contributed by atoms with Crippen molar-refractivity contribution in [1.29, 1.82) is 0 Å². The van der Waals surface area contributed by atoms with Crippen molar-refractivity contribution in [2.24, 2.45) is 0 Å². The zero-order chi connectivity index (χ0) is 28.9. The monoisotopic (exact) mass is 587 g/mol. The summed E-state index contributed by atoms with van der Waals surface area (Å²) in [4.78, 5) is 36.1. The quantitative estimate of drug-likeness (QED) is 0.365. The van der Waals surface area contributed by atoms with Gasteiger partial charge in [0.2, 0.25) is 17.5 Å². The highest BCUT2D eigenvalue weighted by Gasteiger charge is 2.44. The molecule has 1 fully saturated rings. The number of alkyl halides is 3. The maximum absolute atomic E-state index is 13.9. The zero-order valence-corrected chi connectivity index (χ0v) is 22.6. The Morgan fingerprint density at radius 1 is 1.20 bits per heavy atom. The highest BCUT2D eigenvalue weighted by Crippen LogP contribution is 2.43. The number of aromatic nitrogens is 5. The molecule has 1 spiro atoms. The number of pyridine rings is 1. The molecule has 10 nitrogen and oxygen atoms in total. The molecule has 41 heavy (non-hydrogen) atoms. The molecule has 214 valence electrons. The molecule has 14 heteroatoms. The van der Waals surface area contributed by atoms with Crippen LogP contribution in [0.5, 0.6) is 5.75 Å². The van der Waals surface area contributed by atoms with Gasteiger partial charge in [-0.25, -0.2) is 4.98 Å². The van der Waals surface area contributed by atoms with E-state index in [9.17, 15) is 22.8 Å². The number of benzene rings is 1. The van der Waals surface area contributed by atoms with Crippen molar-refractivity contribution >= 4 is 29.0 Å². The average Bonchev–Trinajstić information content (AvgIpc) is 3.55. The molecule has 1 saturated heterocycles. The molecule has 0 bridgehead atoms. The molecular formula is C27H25ClF3N7O3. The number of halogens is 4. The number of carbonyl (C=O) groups excluding carboxylic acids is 1. The zero-order valence-electron chi connectivity index (χ0n) is 21.9. The first kappa shape index (κ1) is 27.2. The number of nitrogens with zero attached hydrogens (tertiary/aromatic N) is 5. The number of fused-ring (bicyclic) bond motifs is 3. The van der Waals surface area contributed by atoms with Gasteiger partial charge in [0.05, 0.1) is 29.6 Å². The van der Waals surface area contributed by atoms with E-state index >= 15 is 0 Å². The molecule has 2 aliphatic rings. The molecule has 1 amide bonds. The summed E-state index contributed by atoms with van der Waals surface area (Å²) in [5.41, 5.74) is 0.257. The predicted molar refractivity (Wildman–Crippen MR) is 144 cm³/mol. The molecule has 0 atom stereocenters. The first-order valence-corrected chi connectivity index (χ1v) is 13.4. The minimum absolute atomic E-state index is 0.0396. The van der Waals surface area contributed by atoms with Crippen molar-refractivity contribution in [2.75, 3.05) is 25.5 Å². The minimum atomic E-state index is -4.57. The summed E-state index contributed by atoms with van der Waals surface area (Å²) in [7, 11) is 1.52. The van der Waals surface area contributed by atoms with Gasteiger partial charge in [0.15, 0.2) is 0 Å². The van der Waals surface area contributed by atoms with Crippen LogP contribution >= 0.6 is 11.6 Å². The Balaban J connectivity index is 1.42. The number of carbonyl (C=O) groups is 1. The third-order valence-corrected chi connectivity index (χ3v) is 8.17. The largest absolute Gasteiger partial charge is 0.495 e. The van der Waals surface area contributed by atoms with E-state index in [-0.39, 0.29) is 39.8 Å². The molecule has 4 heterocycles. The highest BCUT2D eigenvalue weighted by atomic mass is 35.5. The number of anilines is 1. The molecule has 3 aromatic heterocycles. The van der Waals surface area contributed by atoms with Crippen LogP contribution in [0.3, 0.4) is 0 Å². The molecule has 1 aliphatic heterocycles. The number of hydrogen-bond donors (Lipinski definition) is 2. The molecule has 6 rings (SSSR count). The van der Waals surface area contributed by atoms with Gasteiger partial charge < -0.3 is 19.9 Å². The smallest absolute Gasteiger partial charge is 0.416 e. The molecular weight excluding hydrogens is 563 g/mol. The van der Waals surface area contributed by atoms with Crippen LogP contribution in [0.2, 0.25) is 5.02 Å². The lowest BCUT2D eigenvalue weighted by Gasteiger charge is -2.34. The fraction of sp³-hybridized carbons (Fsp3) is 0.370. The number of methoxy groups -OCH3 is 1. The molecule has 1 aliphatic carbocycles. The third-order valence-electron chi connectivity index (χ3n) is 7.86. The van der Waals surface area contributed by atoms with Crippen molar-refractivity contribution in [3.05, 3.63) is 68.7 Å². The molecule has 0 unspecified atom stereocenters. The van der Waals surface area contributed by atoms with Crippen LogP contribution in [0.4, 0.5) is 18.9 Å². The Bertz CT molecular complexity index is 1710. The fourth-order valence-electron chi connectivity index (χ4n) is 5.81. The second kappa shape index (κ2) is 10.1.